The molecule has 0 aliphatic carbocycles. The van der Waals surface area contributed by atoms with E-state index in [1.807, 2.05) is 30.3 Å². The van der Waals surface area contributed by atoms with Gasteiger partial charge in [0.05, 0.1) is 5.69 Å². The number of rotatable bonds is 11. The van der Waals surface area contributed by atoms with E-state index >= 15 is 0 Å². The van der Waals surface area contributed by atoms with Crippen molar-refractivity contribution in [1.29, 1.82) is 0 Å². The maximum absolute atomic E-state index is 11.8. The first-order chi connectivity index (χ1) is 17.0. The van der Waals surface area contributed by atoms with Crippen molar-refractivity contribution in [2.45, 2.75) is 59.0 Å². The molecular formula is C31H33NO3. The Labute approximate surface area is 207 Å². The average Bonchev–Trinajstić information content (AvgIpc) is 3.41. The van der Waals surface area contributed by atoms with Crippen molar-refractivity contribution in [2.24, 2.45) is 0 Å². The summed E-state index contributed by atoms with van der Waals surface area (Å²) in [5.41, 5.74) is 8.03. The second-order valence-electron chi connectivity index (χ2n) is 9.19. The van der Waals surface area contributed by atoms with Crippen LogP contribution in [0.5, 0.6) is 5.75 Å². The molecule has 0 unspecified atom stereocenters. The fourth-order valence-corrected chi connectivity index (χ4v) is 4.35. The quantitative estimate of drug-likeness (QED) is 0.227. The van der Waals surface area contributed by atoms with Crippen LogP contribution in [0.25, 0.3) is 11.1 Å². The Morgan fingerprint density at radius 1 is 0.971 bits per heavy atom. The molecule has 0 radical (unpaired) electrons. The lowest BCUT2D eigenvalue weighted by Crippen LogP contribution is -2.06. The number of aryl methyl sites for hydroxylation is 2. The molecule has 0 bridgehead atoms. The van der Waals surface area contributed by atoms with Gasteiger partial charge in [-0.05, 0) is 78.3 Å². The molecule has 0 N–H and O–H groups in total. The van der Waals surface area contributed by atoms with Crippen LogP contribution in [0.4, 0.5) is 0 Å². The van der Waals surface area contributed by atoms with E-state index in [0.717, 1.165) is 29.0 Å². The number of carbonyl (C=O) groups is 1. The Hall–Kier alpha value is -3.66. The summed E-state index contributed by atoms with van der Waals surface area (Å²) < 4.78 is 11.1. The summed E-state index contributed by atoms with van der Waals surface area (Å²) in [6.07, 6.45) is 5.50. The molecule has 0 spiro atoms. The second kappa shape index (κ2) is 11.7. The molecule has 1 aromatic heterocycles. The van der Waals surface area contributed by atoms with Gasteiger partial charge in [-0.1, -0.05) is 67.0 Å². The summed E-state index contributed by atoms with van der Waals surface area (Å²) in [4.78, 5) is 11.8. The first kappa shape index (κ1) is 24.5. The summed E-state index contributed by atoms with van der Waals surface area (Å²) in [6, 6.07) is 25.1. The van der Waals surface area contributed by atoms with Crippen LogP contribution in [-0.2, 0) is 17.8 Å². The van der Waals surface area contributed by atoms with Crippen LogP contribution in [0.15, 0.2) is 83.6 Å². The highest BCUT2D eigenvalue weighted by atomic mass is 16.5. The average molecular weight is 468 g/mol. The highest BCUT2D eigenvalue weighted by Gasteiger charge is 2.19. The lowest BCUT2D eigenvalue weighted by atomic mass is 9.91. The molecule has 0 fully saturated rings. The van der Waals surface area contributed by atoms with Gasteiger partial charge in [0.25, 0.3) is 0 Å². The van der Waals surface area contributed by atoms with Gasteiger partial charge in [-0.2, -0.15) is 0 Å². The molecular weight excluding hydrogens is 434 g/mol. The lowest BCUT2D eigenvalue weighted by molar-refractivity contribution is -0.117. The van der Waals surface area contributed by atoms with Crippen molar-refractivity contribution in [3.63, 3.8) is 0 Å². The zero-order chi connectivity index (χ0) is 24.6. The summed E-state index contributed by atoms with van der Waals surface area (Å²) in [5, 5.41) is 4.04. The van der Waals surface area contributed by atoms with Gasteiger partial charge in [-0.25, -0.2) is 0 Å². The number of ketones is 1. The van der Waals surface area contributed by atoms with Gasteiger partial charge in [0.2, 0.25) is 0 Å². The van der Waals surface area contributed by atoms with Crippen molar-refractivity contribution in [3.8, 4) is 16.9 Å². The number of Topliss-reactive ketones (excluding diaryl/α,β-unsaturated/α-hetero) is 1. The molecule has 0 amide bonds. The highest BCUT2D eigenvalue weighted by Crippen LogP contribution is 2.29. The lowest BCUT2D eigenvalue weighted by Gasteiger charge is -2.14. The molecule has 1 atom stereocenters. The fraction of sp³-hybridized carbons (Fsp3) is 0.290. The molecule has 0 aliphatic heterocycles. The predicted molar refractivity (Wildman–Crippen MR) is 140 cm³/mol. The van der Waals surface area contributed by atoms with Crippen LogP contribution < -0.4 is 4.74 Å². The number of hydrogen-bond acceptors (Lipinski definition) is 4. The van der Waals surface area contributed by atoms with E-state index in [-0.39, 0.29) is 11.7 Å². The van der Waals surface area contributed by atoms with Crippen LogP contribution in [0.3, 0.4) is 0 Å². The van der Waals surface area contributed by atoms with E-state index in [0.29, 0.717) is 13.0 Å². The number of nitrogens with zero attached hydrogens (tertiary/aromatic N) is 1. The van der Waals surface area contributed by atoms with Crippen LogP contribution in [-0.4, -0.2) is 10.9 Å². The summed E-state index contributed by atoms with van der Waals surface area (Å²) >= 11 is 0. The molecule has 35 heavy (non-hydrogen) atoms. The molecule has 3 aromatic carbocycles. The third-order valence-electron chi connectivity index (χ3n) is 6.38. The van der Waals surface area contributed by atoms with Crippen LogP contribution in [0.1, 0.15) is 67.0 Å². The van der Waals surface area contributed by atoms with Crippen molar-refractivity contribution < 1.29 is 14.1 Å². The van der Waals surface area contributed by atoms with E-state index < -0.39 is 0 Å². The largest absolute Gasteiger partial charge is 0.489 e. The van der Waals surface area contributed by atoms with Crippen LogP contribution in [0.2, 0.25) is 0 Å². The van der Waals surface area contributed by atoms with E-state index in [1.54, 1.807) is 6.92 Å². The van der Waals surface area contributed by atoms with Crippen molar-refractivity contribution in [2.75, 3.05) is 0 Å². The number of benzene rings is 3. The third kappa shape index (κ3) is 6.48. The Morgan fingerprint density at radius 2 is 1.71 bits per heavy atom. The minimum absolute atomic E-state index is 0.115. The third-order valence-corrected chi connectivity index (χ3v) is 6.38. The molecule has 180 valence electrons. The first-order valence-electron chi connectivity index (χ1n) is 12.3. The summed E-state index contributed by atoms with van der Waals surface area (Å²) in [7, 11) is 0. The summed E-state index contributed by atoms with van der Waals surface area (Å²) in [5.74, 6) is 0.787. The molecule has 4 nitrogen and oxygen atoms in total. The minimum Gasteiger partial charge on any atom is -0.489 e. The van der Waals surface area contributed by atoms with E-state index in [1.165, 1.54) is 41.4 Å². The molecule has 0 aliphatic rings. The standard InChI is InChI=1S/C31H33NO3/c1-4-5-6-24-9-11-26(12-10-24)29-20-25(8-7-22(29)2)21-34-28-15-13-27(14-16-28)30(19-23(3)33)31-17-18-35-32-31/h7-18,20,30H,4-6,19,21H2,1-3H3/t30-/m0/s1. The predicted octanol–water partition coefficient (Wildman–Crippen LogP) is 7.68. The Morgan fingerprint density at radius 3 is 2.37 bits per heavy atom. The minimum atomic E-state index is -0.117. The van der Waals surface area contributed by atoms with Crippen molar-refractivity contribution in [1.82, 2.24) is 5.16 Å². The smallest absolute Gasteiger partial charge is 0.130 e. The Kier molecular flexibility index (Phi) is 8.15. The molecule has 4 rings (SSSR count). The maximum Gasteiger partial charge on any atom is 0.130 e. The van der Waals surface area contributed by atoms with Gasteiger partial charge in [-0.15, -0.1) is 0 Å². The van der Waals surface area contributed by atoms with Gasteiger partial charge < -0.3 is 9.26 Å². The summed E-state index contributed by atoms with van der Waals surface area (Å²) in [6.45, 7) is 6.46. The number of carbonyl (C=O) groups excluding carboxylic acids is 1. The number of unbranched alkanes of at least 4 members (excludes halogenated alkanes) is 1. The van der Waals surface area contributed by atoms with E-state index in [2.05, 4.69) is 61.5 Å². The van der Waals surface area contributed by atoms with Crippen LogP contribution in [0, 0.1) is 6.92 Å². The Bertz CT molecular complexity index is 1230. The van der Waals surface area contributed by atoms with Gasteiger partial charge in [-0.3, -0.25) is 4.79 Å². The zero-order valence-electron chi connectivity index (χ0n) is 20.8. The molecule has 0 saturated heterocycles. The van der Waals surface area contributed by atoms with E-state index in [9.17, 15) is 4.79 Å². The number of ether oxygens (including phenoxy) is 1. The van der Waals surface area contributed by atoms with Gasteiger partial charge in [0, 0.05) is 18.4 Å². The van der Waals surface area contributed by atoms with E-state index in [4.69, 9.17) is 9.26 Å². The van der Waals surface area contributed by atoms with Crippen molar-refractivity contribution in [3.05, 3.63) is 107 Å². The second-order valence-corrected chi connectivity index (χ2v) is 9.19. The van der Waals surface area contributed by atoms with Crippen LogP contribution >= 0.6 is 0 Å². The van der Waals surface area contributed by atoms with Gasteiger partial charge in [0.15, 0.2) is 0 Å². The van der Waals surface area contributed by atoms with Crippen molar-refractivity contribution >= 4 is 5.78 Å². The number of aromatic nitrogens is 1. The Balaban J connectivity index is 1.44. The highest BCUT2D eigenvalue weighted by molar-refractivity contribution is 5.77. The fourth-order valence-electron chi connectivity index (χ4n) is 4.35. The molecule has 4 heteroatoms. The topological polar surface area (TPSA) is 52.3 Å². The maximum atomic E-state index is 11.8. The van der Waals surface area contributed by atoms with Gasteiger partial charge in [0.1, 0.15) is 24.4 Å². The molecule has 1 heterocycles. The van der Waals surface area contributed by atoms with Gasteiger partial charge >= 0.3 is 0 Å². The molecule has 0 saturated carbocycles. The zero-order valence-corrected chi connectivity index (χ0v) is 20.8. The normalized spacial score (nSPS) is 11.9. The number of hydrogen-bond donors (Lipinski definition) is 0. The first-order valence-corrected chi connectivity index (χ1v) is 12.3. The SMILES string of the molecule is CCCCc1ccc(-c2cc(COc3ccc([C@H](CC(C)=O)c4ccon4)cc3)ccc2C)cc1. The monoisotopic (exact) mass is 467 g/mol. The molecule has 4 aromatic rings.